The van der Waals surface area contributed by atoms with E-state index in [1.807, 2.05) is 0 Å². The third-order valence-electron chi connectivity index (χ3n) is 4.27. The van der Waals surface area contributed by atoms with Crippen LogP contribution >= 0.6 is 0 Å². The fourth-order valence-electron chi connectivity index (χ4n) is 2.87. The first-order valence-corrected chi connectivity index (χ1v) is 6.56. The van der Waals surface area contributed by atoms with Gasteiger partial charge in [0, 0.05) is 5.41 Å². The summed E-state index contributed by atoms with van der Waals surface area (Å²) in [5, 5.41) is 2.70. The Bertz CT molecular complexity index is 628. The first kappa shape index (κ1) is 11.3. The Balaban J connectivity index is 2.26. The summed E-state index contributed by atoms with van der Waals surface area (Å²) < 4.78 is 0. The smallest absolute Gasteiger partial charge is 0.0173 e. The van der Waals surface area contributed by atoms with Crippen molar-refractivity contribution >= 4 is 10.8 Å². The highest BCUT2D eigenvalue weighted by Crippen LogP contribution is 2.39. The maximum atomic E-state index is 2.33. The maximum absolute atomic E-state index is 2.33. The second-order valence-electron chi connectivity index (χ2n) is 5.34. The molecule has 0 N–H and O–H groups in total. The lowest BCUT2D eigenvalue weighted by molar-refractivity contribution is 0.461. The summed E-state index contributed by atoms with van der Waals surface area (Å²) in [7, 11) is 0. The van der Waals surface area contributed by atoms with Crippen molar-refractivity contribution in [1.82, 2.24) is 0 Å². The van der Waals surface area contributed by atoms with Crippen LogP contribution in [0.1, 0.15) is 19.4 Å². The molecule has 0 bridgehead atoms. The summed E-state index contributed by atoms with van der Waals surface area (Å²) in [6.45, 7) is 4.63. The van der Waals surface area contributed by atoms with Crippen LogP contribution in [0.3, 0.4) is 0 Å². The minimum atomic E-state index is 0.0929. The molecule has 0 saturated carbocycles. The van der Waals surface area contributed by atoms with Crippen molar-refractivity contribution in [3.63, 3.8) is 0 Å². The minimum absolute atomic E-state index is 0.0929. The Morgan fingerprint density at radius 1 is 0.944 bits per heavy atom. The summed E-state index contributed by atoms with van der Waals surface area (Å²) in [5.41, 5.74) is 1.52. The van der Waals surface area contributed by atoms with Crippen LogP contribution in [0.15, 0.2) is 66.8 Å². The third-order valence-corrected chi connectivity index (χ3v) is 4.27. The van der Waals surface area contributed by atoms with Gasteiger partial charge in [0.2, 0.25) is 0 Å². The van der Waals surface area contributed by atoms with Gasteiger partial charge in [0.05, 0.1) is 0 Å². The largest absolute Gasteiger partial charge is 0.0805 e. The maximum Gasteiger partial charge on any atom is 0.0173 e. The summed E-state index contributed by atoms with van der Waals surface area (Å²) in [6, 6.07) is 15.3. The van der Waals surface area contributed by atoms with Gasteiger partial charge in [0.1, 0.15) is 0 Å². The highest BCUT2D eigenvalue weighted by molar-refractivity contribution is 5.87. The second-order valence-corrected chi connectivity index (χ2v) is 5.34. The number of rotatable bonds is 1. The number of fused-ring (bicyclic) bond motifs is 1. The van der Waals surface area contributed by atoms with E-state index in [4.69, 9.17) is 0 Å². The monoisotopic (exact) mass is 234 g/mol. The predicted octanol–water partition coefficient (Wildman–Crippen LogP) is 4.86. The topological polar surface area (TPSA) is 0 Å². The Labute approximate surface area is 109 Å². The van der Waals surface area contributed by atoms with Gasteiger partial charge in [0.25, 0.3) is 0 Å². The van der Waals surface area contributed by atoms with E-state index >= 15 is 0 Å². The quantitative estimate of drug-likeness (QED) is 0.661. The summed E-state index contributed by atoms with van der Waals surface area (Å²) in [5.74, 6) is 0.522. The van der Waals surface area contributed by atoms with E-state index in [1.54, 1.807) is 0 Å². The minimum Gasteiger partial charge on any atom is -0.0805 e. The fourth-order valence-corrected chi connectivity index (χ4v) is 2.87. The molecule has 0 spiro atoms. The second kappa shape index (κ2) is 4.13. The van der Waals surface area contributed by atoms with Crippen LogP contribution in [-0.4, -0.2) is 0 Å². The lowest BCUT2D eigenvalue weighted by Gasteiger charge is -2.34. The predicted molar refractivity (Wildman–Crippen MR) is 78.7 cm³/mol. The first-order chi connectivity index (χ1) is 8.72. The molecule has 3 rings (SSSR count). The van der Waals surface area contributed by atoms with Crippen LogP contribution in [0.25, 0.3) is 10.8 Å². The molecule has 0 saturated heterocycles. The van der Waals surface area contributed by atoms with Gasteiger partial charge in [-0.1, -0.05) is 80.6 Å². The highest BCUT2D eigenvalue weighted by atomic mass is 14.3. The molecule has 90 valence electrons. The Hall–Kier alpha value is -1.82. The van der Waals surface area contributed by atoms with Crippen molar-refractivity contribution in [1.29, 1.82) is 0 Å². The molecule has 0 aliphatic heterocycles. The van der Waals surface area contributed by atoms with E-state index in [9.17, 15) is 0 Å². The molecule has 0 amide bonds. The van der Waals surface area contributed by atoms with E-state index in [-0.39, 0.29) is 5.41 Å². The molecular weight excluding hydrogens is 216 g/mol. The van der Waals surface area contributed by atoms with Gasteiger partial charge in [-0.3, -0.25) is 0 Å². The van der Waals surface area contributed by atoms with E-state index in [0.717, 1.165) is 0 Å². The van der Waals surface area contributed by atoms with Gasteiger partial charge in [-0.05, 0) is 22.3 Å². The lowest BCUT2D eigenvalue weighted by atomic mass is 9.69. The summed E-state index contributed by atoms with van der Waals surface area (Å²) in [6.07, 6.45) is 8.94. The number of hydrogen-bond acceptors (Lipinski definition) is 0. The molecule has 0 heterocycles. The molecule has 0 radical (unpaired) electrons. The molecule has 2 unspecified atom stereocenters. The average molecular weight is 234 g/mol. The zero-order valence-corrected chi connectivity index (χ0v) is 10.9. The van der Waals surface area contributed by atoms with Crippen molar-refractivity contribution in [3.05, 3.63) is 72.3 Å². The molecule has 2 aromatic rings. The van der Waals surface area contributed by atoms with Gasteiger partial charge in [-0.25, -0.2) is 0 Å². The molecule has 0 nitrogen and oxygen atoms in total. The molecule has 18 heavy (non-hydrogen) atoms. The van der Waals surface area contributed by atoms with E-state index < -0.39 is 0 Å². The van der Waals surface area contributed by atoms with Crippen molar-refractivity contribution < 1.29 is 0 Å². The molecule has 0 heteroatoms. The van der Waals surface area contributed by atoms with Crippen LogP contribution in [0.4, 0.5) is 0 Å². The van der Waals surface area contributed by atoms with Crippen molar-refractivity contribution in [2.75, 3.05) is 0 Å². The number of benzene rings is 2. The zero-order valence-electron chi connectivity index (χ0n) is 10.9. The number of hydrogen-bond donors (Lipinski definition) is 0. The molecule has 2 aromatic carbocycles. The Kier molecular flexibility index (Phi) is 2.59. The highest BCUT2D eigenvalue weighted by Gasteiger charge is 2.31. The van der Waals surface area contributed by atoms with E-state index in [1.165, 1.54) is 16.3 Å². The van der Waals surface area contributed by atoms with Crippen LogP contribution < -0.4 is 0 Å². The van der Waals surface area contributed by atoms with Gasteiger partial charge in [-0.15, -0.1) is 0 Å². The van der Waals surface area contributed by atoms with Gasteiger partial charge < -0.3 is 0 Å². The Morgan fingerprint density at radius 2 is 1.72 bits per heavy atom. The average Bonchev–Trinajstić information content (AvgIpc) is 2.41. The molecule has 0 aromatic heterocycles. The summed E-state index contributed by atoms with van der Waals surface area (Å²) in [4.78, 5) is 0. The zero-order chi connectivity index (χ0) is 12.6. The number of allylic oxidation sites excluding steroid dienone is 4. The Morgan fingerprint density at radius 3 is 2.56 bits per heavy atom. The van der Waals surface area contributed by atoms with E-state index in [2.05, 4.69) is 80.6 Å². The third kappa shape index (κ3) is 1.60. The van der Waals surface area contributed by atoms with Crippen molar-refractivity contribution in [2.24, 2.45) is 5.92 Å². The van der Waals surface area contributed by atoms with Crippen LogP contribution in [0.5, 0.6) is 0 Å². The van der Waals surface area contributed by atoms with Gasteiger partial charge in [0.15, 0.2) is 0 Å². The fraction of sp³-hybridized carbons (Fsp3) is 0.222. The van der Waals surface area contributed by atoms with Crippen molar-refractivity contribution in [3.8, 4) is 0 Å². The van der Waals surface area contributed by atoms with Crippen LogP contribution in [0.2, 0.25) is 0 Å². The molecule has 2 atom stereocenters. The molecular formula is C18H18. The standard InChI is InChI=1S/C18H18/c1-14-8-5-6-13-18(14,2)17-12-7-10-15-9-3-4-11-16(15)17/h3-14H,1-2H3. The van der Waals surface area contributed by atoms with Gasteiger partial charge >= 0.3 is 0 Å². The first-order valence-electron chi connectivity index (χ1n) is 6.56. The summed E-state index contributed by atoms with van der Waals surface area (Å²) >= 11 is 0. The van der Waals surface area contributed by atoms with Crippen LogP contribution in [0, 0.1) is 5.92 Å². The normalized spacial score (nSPS) is 26.7. The van der Waals surface area contributed by atoms with Gasteiger partial charge in [-0.2, -0.15) is 0 Å². The van der Waals surface area contributed by atoms with Crippen LogP contribution in [-0.2, 0) is 5.41 Å². The lowest BCUT2D eigenvalue weighted by Crippen LogP contribution is -2.28. The SMILES string of the molecule is CC1C=CC=CC1(C)c1cccc2ccccc12. The molecule has 1 aliphatic rings. The van der Waals surface area contributed by atoms with E-state index in [0.29, 0.717) is 5.92 Å². The molecule has 1 aliphatic carbocycles. The molecule has 0 fully saturated rings. The van der Waals surface area contributed by atoms with Crippen molar-refractivity contribution in [2.45, 2.75) is 19.3 Å².